The Balaban J connectivity index is 2.39. The zero-order valence-electron chi connectivity index (χ0n) is 12.8. The van der Waals surface area contributed by atoms with E-state index in [4.69, 9.17) is 5.73 Å². The first-order valence-electron chi connectivity index (χ1n) is 6.91. The Bertz CT molecular complexity index is 439. The molecule has 0 aliphatic rings. The van der Waals surface area contributed by atoms with Gasteiger partial charge in [0.15, 0.2) is 5.96 Å². The number of likely N-dealkylation sites (N-methyl/N-ethyl adjacent to an activating group) is 1. The third kappa shape index (κ3) is 6.38. The molecular formula is C16H26N4. The summed E-state index contributed by atoms with van der Waals surface area (Å²) in [5.41, 5.74) is 8.15. The molecule has 3 N–H and O–H groups in total. The van der Waals surface area contributed by atoms with Gasteiger partial charge >= 0.3 is 0 Å². The summed E-state index contributed by atoms with van der Waals surface area (Å²) in [7, 11) is 2.10. The van der Waals surface area contributed by atoms with Crippen LogP contribution >= 0.6 is 0 Å². The van der Waals surface area contributed by atoms with Gasteiger partial charge in [-0.3, -0.25) is 9.89 Å². The number of rotatable bonds is 7. The van der Waals surface area contributed by atoms with Crippen LogP contribution in [0.15, 0.2) is 47.5 Å². The molecule has 1 unspecified atom stereocenters. The fraction of sp³-hybridized carbons (Fsp3) is 0.438. The quantitative estimate of drug-likeness (QED) is 0.454. The largest absolute Gasteiger partial charge is 0.370 e. The summed E-state index contributed by atoms with van der Waals surface area (Å²) in [4.78, 5) is 6.63. The molecule has 0 aliphatic carbocycles. The summed E-state index contributed by atoms with van der Waals surface area (Å²) < 4.78 is 0. The van der Waals surface area contributed by atoms with Crippen LogP contribution < -0.4 is 11.1 Å². The molecule has 0 saturated carbocycles. The molecule has 1 atom stereocenters. The van der Waals surface area contributed by atoms with Crippen LogP contribution in [-0.4, -0.2) is 37.0 Å². The molecule has 0 saturated heterocycles. The summed E-state index contributed by atoms with van der Waals surface area (Å²) in [5, 5.41) is 3.04. The smallest absolute Gasteiger partial charge is 0.188 e. The van der Waals surface area contributed by atoms with Gasteiger partial charge in [0.05, 0.1) is 6.54 Å². The number of aliphatic imine (C=N–C) groups is 1. The minimum atomic E-state index is 0.334. The Kier molecular flexibility index (Phi) is 6.81. The second-order valence-electron chi connectivity index (χ2n) is 5.29. The van der Waals surface area contributed by atoms with Crippen LogP contribution in [0.3, 0.4) is 0 Å². The van der Waals surface area contributed by atoms with Crippen molar-refractivity contribution in [2.75, 3.05) is 20.1 Å². The molecule has 4 heteroatoms. The lowest BCUT2D eigenvalue weighted by molar-refractivity contribution is 0.255. The van der Waals surface area contributed by atoms with Gasteiger partial charge in [0.1, 0.15) is 0 Å². The minimum absolute atomic E-state index is 0.334. The molecule has 0 bridgehead atoms. The highest BCUT2D eigenvalue weighted by molar-refractivity contribution is 5.78. The summed E-state index contributed by atoms with van der Waals surface area (Å²) in [6, 6.07) is 10.8. The van der Waals surface area contributed by atoms with Crippen LogP contribution in [-0.2, 0) is 6.54 Å². The number of hydrogen-bond donors (Lipinski definition) is 2. The molecular weight excluding hydrogens is 248 g/mol. The monoisotopic (exact) mass is 274 g/mol. The molecule has 1 aromatic rings. The summed E-state index contributed by atoms with van der Waals surface area (Å²) in [6.07, 6.45) is 0. The van der Waals surface area contributed by atoms with Gasteiger partial charge in [-0.2, -0.15) is 0 Å². The standard InChI is InChI=1S/C16H26N4/c1-13(2)10-18-16(17)19-11-14(3)20(4)12-15-8-6-5-7-9-15/h5-9,14H,1,10-12H2,2-4H3,(H3,17,18,19). The fourth-order valence-corrected chi connectivity index (χ4v) is 1.69. The fourth-order valence-electron chi connectivity index (χ4n) is 1.69. The molecule has 0 amide bonds. The molecule has 0 radical (unpaired) electrons. The lowest BCUT2D eigenvalue weighted by Gasteiger charge is -2.23. The normalized spacial score (nSPS) is 13.3. The van der Waals surface area contributed by atoms with Crippen LogP contribution in [0.4, 0.5) is 0 Å². The number of benzene rings is 1. The Morgan fingerprint density at radius 3 is 2.65 bits per heavy atom. The van der Waals surface area contributed by atoms with Crippen LogP contribution in [0, 0.1) is 0 Å². The first-order valence-corrected chi connectivity index (χ1v) is 6.91. The predicted octanol–water partition coefficient (Wildman–Crippen LogP) is 1.99. The summed E-state index contributed by atoms with van der Waals surface area (Å²) >= 11 is 0. The third-order valence-electron chi connectivity index (χ3n) is 3.12. The van der Waals surface area contributed by atoms with Crippen molar-refractivity contribution in [3.63, 3.8) is 0 Å². The van der Waals surface area contributed by atoms with Gasteiger partial charge in [-0.25, -0.2) is 0 Å². The van der Waals surface area contributed by atoms with Gasteiger partial charge in [-0.1, -0.05) is 42.5 Å². The predicted molar refractivity (Wildman–Crippen MR) is 86.7 cm³/mol. The molecule has 0 aromatic heterocycles. The van der Waals surface area contributed by atoms with Gasteiger partial charge in [0.25, 0.3) is 0 Å². The molecule has 110 valence electrons. The van der Waals surface area contributed by atoms with Crippen LogP contribution in [0.5, 0.6) is 0 Å². The van der Waals surface area contributed by atoms with E-state index in [-0.39, 0.29) is 0 Å². The minimum Gasteiger partial charge on any atom is -0.370 e. The third-order valence-corrected chi connectivity index (χ3v) is 3.12. The maximum atomic E-state index is 5.80. The second-order valence-corrected chi connectivity index (χ2v) is 5.29. The molecule has 20 heavy (non-hydrogen) atoms. The van der Waals surface area contributed by atoms with E-state index in [2.05, 4.69) is 60.0 Å². The number of nitrogens with zero attached hydrogens (tertiary/aromatic N) is 2. The van der Waals surface area contributed by atoms with Gasteiger partial charge < -0.3 is 11.1 Å². The van der Waals surface area contributed by atoms with E-state index < -0.39 is 0 Å². The van der Waals surface area contributed by atoms with Crippen molar-refractivity contribution in [1.82, 2.24) is 10.2 Å². The van der Waals surface area contributed by atoms with E-state index in [1.807, 2.05) is 13.0 Å². The molecule has 0 aliphatic heterocycles. The van der Waals surface area contributed by atoms with Crippen molar-refractivity contribution in [3.05, 3.63) is 48.0 Å². The second kappa shape index (κ2) is 8.38. The molecule has 4 nitrogen and oxygen atoms in total. The SMILES string of the molecule is C=C(C)CNC(N)=NCC(C)N(C)Cc1ccccc1. The first kappa shape index (κ1) is 16.2. The Labute approximate surface area is 122 Å². The van der Waals surface area contributed by atoms with Crippen molar-refractivity contribution in [1.29, 1.82) is 0 Å². The topological polar surface area (TPSA) is 53.6 Å². The van der Waals surface area contributed by atoms with E-state index in [1.165, 1.54) is 5.56 Å². The lowest BCUT2D eigenvalue weighted by Crippen LogP contribution is -2.36. The van der Waals surface area contributed by atoms with Crippen molar-refractivity contribution < 1.29 is 0 Å². The average Bonchev–Trinajstić information content (AvgIpc) is 2.43. The van der Waals surface area contributed by atoms with E-state index in [0.29, 0.717) is 25.1 Å². The van der Waals surface area contributed by atoms with E-state index in [0.717, 1.165) is 12.1 Å². The summed E-state index contributed by atoms with van der Waals surface area (Å²) in [5.74, 6) is 0.480. The first-order chi connectivity index (χ1) is 9.49. The zero-order chi connectivity index (χ0) is 15.0. The van der Waals surface area contributed by atoms with Crippen molar-refractivity contribution in [2.24, 2.45) is 10.7 Å². The number of hydrogen-bond acceptors (Lipinski definition) is 2. The van der Waals surface area contributed by atoms with Crippen LogP contribution in [0.2, 0.25) is 0 Å². The molecule has 1 aromatic carbocycles. The molecule has 0 heterocycles. The van der Waals surface area contributed by atoms with Crippen LogP contribution in [0.1, 0.15) is 19.4 Å². The Hall–Kier alpha value is -1.81. The van der Waals surface area contributed by atoms with E-state index >= 15 is 0 Å². The number of nitrogens with one attached hydrogen (secondary N) is 1. The lowest BCUT2D eigenvalue weighted by atomic mass is 10.2. The maximum absolute atomic E-state index is 5.80. The highest BCUT2D eigenvalue weighted by Gasteiger charge is 2.09. The molecule has 0 spiro atoms. The highest BCUT2D eigenvalue weighted by Crippen LogP contribution is 2.06. The zero-order valence-corrected chi connectivity index (χ0v) is 12.8. The van der Waals surface area contributed by atoms with E-state index in [9.17, 15) is 0 Å². The van der Waals surface area contributed by atoms with Crippen molar-refractivity contribution in [3.8, 4) is 0 Å². The Morgan fingerprint density at radius 2 is 2.05 bits per heavy atom. The summed E-state index contributed by atoms with van der Waals surface area (Å²) in [6.45, 7) is 10.2. The van der Waals surface area contributed by atoms with E-state index in [1.54, 1.807) is 0 Å². The molecule has 1 rings (SSSR count). The van der Waals surface area contributed by atoms with Gasteiger partial charge in [0, 0.05) is 19.1 Å². The highest BCUT2D eigenvalue weighted by atomic mass is 15.2. The van der Waals surface area contributed by atoms with Crippen LogP contribution in [0.25, 0.3) is 0 Å². The molecule has 0 fully saturated rings. The number of guanidine groups is 1. The van der Waals surface area contributed by atoms with Crippen molar-refractivity contribution >= 4 is 5.96 Å². The number of nitrogens with two attached hydrogens (primary N) is 1. The van der Waals surface area contributed by atoms with Gasteiger partial charge in [-0.05, 0) is 26.5 Å². The van der Waals surface area contributed by atoms with Gasteiger partial charge in [0.2, 0.25) is 0 Å². The van der Waals surface area contributed by atoms with Gasteiger partial charge in [-0.15, -0.1) is 0 Å². The average molecular weight is 274 g/mol. The van der Waals surface area contributed by atoms with Crippen molar-refractivity contribution in [2.45, 2.75) is 26.4 Å². The Morgan fingerprint density at radius 1 is 1.40 bits per heavy atom. The maximum Gasteiger partial charge on any atom is 0.188 e.